The van der Waals surface area contributed by atoms with E-state index < -0.39 is 5.97 Å². The highest BCUT2D eigenvalue weighted by molar-refractivity contribution is 5.65. The average molecular weight is 434 g/mol. The van der Waals surface area contributed by atoms with Crippen LogP contribution in [0, 0.1) is 10.8 Å². The number of aromatic nitrogens is 2. The maximum Gasteiger partial charge on any atom is 0.230 e. The van der Waals surface area contributed by atoms with Crippen LogP contribution in [0.5, 0.6) is 0 Å². The Morgan fingerprint density at radius 1 is 1.16 bits per heavy atom. The highest BCUT2D eigenvalue weighted by atomic mass is 16.5. The summed E-state index contributed by atoms with van der Waals surface area (Å²) in [6.45, 7) is 11.8. The number of carbonyl (C=O) groups excluding carboxylic acids is 1. The van der Waals surface area contributed by atoms with Crippen molar-refractivity contribution in [1.82, 2.24) is 19.9 Å². The average Bonchev–Trinajstić information content (AvgIpc) is 3.17. The fourth-order valence-electron chi connectivity index (χ4n) is 5.51. The Kier molecular flexibility index (Phi) is 8.14. The molecule has 1 unspecified atom stereocenters. The second kappa shape index (κ2) is 10.4. The molecule has 0 amide bonds. The zero-order valence-corrected chi connectivity index (χ0v) is 20.0. The molecule has 1 aromatic rings. The lowest BCUT2D eigenvalue weighted by Gasteiger charge is -2.48. The molecule has 0 bridgehead atoms. The lowest BCUT2D eigenvalue weighted by molar-refractivity contribution is -0.306. The molecule has 1 atom stereocenters. The Balaban J connectivity index is 1.60. The third-order valence-corrected chi connectivity index (χ3v) is 7.82. The fraction of sp³-hybridized carbons (Fsp3) is 0.875. The molecule has 7 nitrogen and oxygen atoms in total. The number of rotatable bonds is 9. The quantitative estimate of drug-likeness (QED) is 0.591. The number of likely N-dealkylation sites (N-methyl/N-ethyl adjacent to an activating group) is 1. The molecule has 0 aromatic carbocycles. The molecule has 1 saturated heterocycles. The number of carboxylic acids is 1. The molecule has 7 heteroatoms. The van der Waals surface area contributed by atoms with Crippen LogP contribution in [0.25, 0.3) is 0 Å². The molecule has 2 heterocycles. The number of aliphatic carboxylic acids is 1. The molecule has 0 N–H and O–H groups in total. The van der Waals surface area contributed by atoms with E-state index >= 15 is 0 Å². The number of hydrogen-bond donors (Lipinski definition) is 0. The lowest BCUT2D eigenvalue weighted by atomic mass is 9.57. The molecule has 1 aliphatic heterocycles. The van der Waals surface area contributed by atoms with Gasteiger partial charge in [-0.1, -0.05) is 51.6 Å². The maximum atomic E-state index is 11.4. The molecule has 0 radical (unpaired) electrons. The van der Waals surface area contributed by atoms with Crippen molar-refractivity contribution in [2.24, 2.45) is 10.8 Å². The predicted molar refractivity (Wildman–Crippen MR) is 118 cm³/mol. The molecule has 2 fully saturated rings. The summed E-state index contributed by atoms with van der Waals surface area (Å²) in [4.78, 5) is 20.6. The Hall–Kier alpha value is -1.47. The van der Waals surface area contributed by atoms with Gasteiger partial charge in [0, 0.05) is 38.1 Å². The van der Waals surface area contributed by atoms with Crippen molar-refractivity contribution in [1.29, 1.82) is 0 Å². The summed E-state index contributed by atoms with van der Waals surface area (Å²) in [5, 5.41) is 15.6. The highest BCUT2D eigenvalue weighted by Crippen LogP contribution is 2.53. The van der Waals surface area contributed by atoms with E-state index in [1.165, 1.54) is 32.1 Å². The first-order valence-corrected chi connectivity index (χ1v) is 12.1. The minimum absolute atomic E-state index is 0.0569. The summed E-state index contributed by atoms with van der Waals surface area (Å²) in [7, 11) is 2.13. The van der Waals surface area contributed by atoms with Crippen molar-refractivity contribution in [3.05, 3.63) is 11.7 Å². The zero-order chi connectivity index (χ0) is 22.5. The standard InChI is InChI=1S/C24H42N4O3/c1-23(2,3)24(10-6-5-7-11-24)12-8-9-19(17-21(29)30)22-25-20(26-31-22)18-28-15-13-27(4)14-16-28/h19H,5-18H2,1-4H3,(H,29,30)/p-1. The molecule has 3 rings (SSSR count). The van der Waals surface area contributed by atoms with E-state index in [4.69, 9.17) is 4.52 Å². The van der Waals surface area contributed by atoms with Crippen LogP contribution >= 0.6 is 0 Å². The van der Waals surface area contributed by atoms with Gasteiger partial charge in [-0.15, -0.1) is 0 Å². The van der Waals surface area contributed by atoms with Gasteiger partial charge in [0.2, 0.25) is 5.89 Å². The number of nitrogens with zero attached hydrogens (tertiary/aromatic N) is 4. The van der Waals surface area contributed by atoms with Gasteiger partial charge in [-0.3, -0.25) is 4.90 Å². The van der Waals surface area contributed by atoms with Gasteiger partial charge in [0.1, 0.15) is 0 Å². The van der Waals surface area contributed by atoms with E-state index in [0.29, 0.717) is 23.7 Å². The molecule has 176 valence electrons. The molecule has 31 heavy (non-hydrogen) atoms. The third kappa shape index (κ3) is 6.51. The van der Waals surface area contributed by atoms with E-state index in [-0.39, 0.29) is 17.8 Å². The zero-order valence-electron chi connectivity index (χ0n) is 20.0. The Bertz CT molecular complexity index is 698. The summed E-state index contributed by atoms with van der Waals surface area (Å²) in [6, 6.07) is 0. The second-order valence-corrected chi connectivity index (χ2v) is 10.9. The fourth-order valence-corrected chi connectivity index (χ4v) is 5.51. The number of hydrogen-bond acceptors (Lipinski definition) is 7. The predicted octanol–water partition coefficient (Wildman–Crippen LogP) is 3.21. The van der Waals surface area contributed by atoms with Gasteiger partial charge in [0.25, 0.3) is 0 Å². The van der Waals surface area contributed by atoms with Crippen molar-refractivity contribution in [2.75, 3.05) is 33.2 Å². The van der Waals surface area contributed by atoms with E-state index in [9.17, 15) is 9.90 Å². The summed E-state index contributed by atoms with van der Waals surface area (Å²) >= 11 is 0. The van der Waals surface area contributed by atoms with Crippen molar-refractivity contribution in [2.45, 2.75) is 91.0 Å². The van der Waals surface area contributed by atoms with Gasteiger partial charge in [-0.25, -0.2) is 0 Å². The van der Waals surface area contributed by atoms with Crippen molar-refractivity contribution in [3.8, 4) is 0 Å². The van der Waals surface area contributed by atoms with E-state index in [0.717, 1.165) is 45.4 Å². The van der Waals surface area contributed by atoms with Crippen LogP contribution in [-0.2, 0) is 11.3 Å². The van der Waals surface area contributed by atoms with Gasteiger partial charge < -0.3 is 19.3 Å². The topological polar surface area (TPSA) is 85.5 Å². The first kappa shape index (κ1) is 24.2. The van der Waals surface area contributed by atoms with Crippen LogP contribution in [0.1, 0.15) is 96.2 Å². The van der Waals surface area contributed by atoms with Gasteiger partial charge in [-0.05, 0) is 50.0 Å². The number of carboxylic acid groups (broad SMARTS) is 1. The first-order valence-electron chi connectivity index (χ1n) is 12.1. The van der Waals surface area contributed by atoms with Crippen molar-refractivity contribution in [3.63, 3.8) is 0 Å². The monoisotopic (exact) mass is 433 g/mol. The van der Waals surface area contributed by atoms with Crippen molar-refractivity contribution < 1.29 is 14.4 Å². The van der Waals surface area contributed by atoms with E-state index in [1.54, 1.807) is 0 Å². The molecule has 2 aliphatic rings. The Morgan fingerprint density at radius 2 is 1.84 bits per heavy atom. The summed E-state index contributed by atoms with van der Waals surface area (Å²) in [5.41, 5.74) is 0.607. The van der Waals surface area contributed by atoms with E-state index in [1.807, 2.05) is 0 Å². The van der Waals surface area contributed by atoms with Crippen LogP contribution in [0.2, 0.25) is 0 Å². The normalized spacial score (nSPS) is 21.8. The largest absolute Gasteiger partial charge is 0.550 e. The maximum absolute atomic E-state index is 11.4. The molecule has 0 spiro atoms. The van der Waals surface area contributed by atoms with Crippen LogP contribution in [0.4, 0.5) is 0 Å². The molecule has 1 aromatic heterocycles. The van der Waals surface area contributed by atoms with E-state index in [2.05, 4.69) is 47.8 Å². The van der Waals surface area contributed by atoms with Gasteiger partial charge in [0.15, 0.2) is 5.82 Å². The summed E-state index contributed by atoms with van der Waals surface area (Å²) in [6.07, 6.45) is 9.30. The number of piperazine rings is 1. The van der Waals surface area contributed by atoms with Crippen LogP contribution in [-0.4, -0.2) is 59.1 Å². The molecule has 1 aliphatic carbocycles. The van der Waals surface area contributed by atoms with Gasteiger partial charge in [0.05, 0.1) is 6.54 Å². The third-order valence-electron chi connectivity index (χ3n) is 7.82. The Morgan fingerprint density at radius 3 is 2.45 bits per heavy atom. The van der Waals surface area contributed by atoms with Crippen LogP contribution in [0.3, 0.4) is 0 Å². The van der Waals surface area contributed by atoms with Gasteiger partial charge >= 0.3 is 0 Å². The highest BCUT2D eigenvalue weighted by Gasteiger charge is 2.41. The summed E-state index contributed by atoms with van der Waals surface area (Å²) < 4.78 is 5.54. The molecule has 1 saturated carbocycles. The minimum atomic E-state index is -1.05. The first-order chi connectivity index (χ1) is 14.7. The number of carbonyl (C=O) groups is 1. The molecular formula is C24H41N4O3-. The SMILES string of the molecule is CN1CCN(Cc2noc(C(CCCC3(C(C)(C)C)CCCCC3)CC(=O)[O-])n2)CC1. The summed E-state index contributed by atoms with van der Waals surface area (Å²) in [5.74, 6) is -0.200. The second-order valence-electron chi connectivity index (χ2n) is 10.9. The smallest absolute Gasteiger partial charge is 0.230 e. The van der Waals surface area contributed by atoms with Crippen LogP contribution in [0.15, 0.2) is 4.52 Å². The Labute approximate surface area is 187 Å². The lowest BCUT2D eigenvalue weighted by Crippen LogP contribution is -2.44. The molecular weight excluding hydrogens is 392 g/mol. The van der Waals surface area contributed by atoms with Crippen LogP contribution < -0.4 is 5.11 Å². The minimum Gasteiger partial charge on any atom is -0.550 e. The van der Waals surface area contributed by atoms with Gasteiger partial charge in [-0.2, -0.15) is 4.98 Å². The van der Waals surface area contributed by atoms with Crippen molar-refractivity contribution >= 4 is 5.97 Å².